The first-order valence-electron chi connectivity index (χ1n) is 5.91. The first-order valence-corrected chi connectivity index (χ1v) is 7.09. The molecule has 5 N–H and O–H groups in total. The third-order valence-corrected chi connectivity index (χ3v) is 3.72. The van der Waals surface area contributed by atoms with Crippen LogP contribution in [0.3, 0.4) is 0 Å². The highest BCUT2D eigenvalue weighted by Crippen LogP contribution is 2.34. The normalized spacial score (nSPS) is 10.2. The van der Waals surface area contributed by atoms with Crippen LogP contribution in [0.1, 0.15) is 10.4 Å². The molecule has 5 nitrogen and oxygen atoms in total. The lowest BCUT2D eigenvalue weighted by atomic mass is 10.1. The van der Waals surface area contributed by atoms with Crippen LogP contribution in [0.4, 0.5) is 17.1 Å². The smallest absolute Gasteiger partial charge is 0.250 e. The monoisotopic (exact) mass is 369 g/mol. The molecule has 110 valence electrons. The molecule has 0 saturated carbocycles. The molecule has 2 aromatic rings. The van der Waals surface area contributed by atoms with Gasteiger partial charge in [-0.05, 0) is 46.3 Å². The van der Waals surface area contributed by atoms with Gasteiger partial charge in [0.25, 0.3) is 5.91 Å². The number of ether oxygens (including phenoxy) is 1. The average Bonchev–Trinajstić information content (AvgIpc) is 2.41. The van der Waals surface area contributed by atoms with Gasteiger partial charge in [-0.1, -0.05) is 11.6 Å². The summed E-state index contributed by atoms with van der Waals surface area (Å²) in [6.45, 7) is 0. The predicted molar refractivity (Wildman–Crippen MR) is 88.4 cm³/mol. The summed E-state index contributed by atoms with van der Waals surface area (Å²) < 4.78 is 5.93. The molecule has 0 radical (unpaired) electrons. The lowest BCUT2D eigenvalue weighted by molar-refractivity contribution is 0.100. The Labute approximate surface area is 135 Å². The molecule has 0 aliphatic carbocycles. The van der Waals surface area contributed by atoms with Gasteiger partial charge in [-0.3, -0.25) is 4.79 Å². The van der Waals surface area contributed by atoms with E-state index in [9.17, 15) is 4.79 Å². The second-order valence-corrected chi connectivity index (χ2v) is 5.53. The van der Waals surface area contributed by atoms with Crippen molar-refractivity contribution < 1.29 is 9.53 Å². The highest BCUT2D eigenvalue weighted by molar-refractivity contribution is 9.10. The maximum Gasteiger partial charge on any atom is 0.250 e. The number of hydrogen-bond donors (Lipinski definition) is 3. The Morgan fingerprint density at radius 2 is 2.05 bits per heavy atom. The summed E-state index contributed by atoms with van der Waals surface area (Å²) in [6.07, 6.45) is 0. The van der Waals surface area contributed by atoms with Gasteiger partial charge in [0, 0.05) is 11.4 Å². The second kappa shape index (κ2) is 6.24. The number of rotatable bonds is 4. The van der Waals surface area contributed by atoms with Crippen LogP contribution in [0.2, 0.25) is 5.02 Å². The number of nitrogens with two attached hydrogens (primary N) is 2. The zero-order chi connectivity index (χ0) is 15.6. The number of nitrogens with one attached hydrogen (secondary N) is 1. The first kappa shape index (κ1) is 15.5. The summed E-state index contributed by atoms with van der Waals surface area (Å²) >= 11 is 9.53. The summed E-state index contributed by atoms with van der Waals surface area (Å²) in [4.78, 5) is 11.5. The standard InChI is InChI=1S/C14H13BrClN3O2/c1-21-12-3-2-8(6-10(12)15)19-13-9(14(18)20)4-7(17)5-11(13)16/h2-6,19H,17H2,1H3,(H2,18,20). The summed E-state index contributed by atoms with van der Waals surface area (Å²) in [5.41, 5.74) is 12.8. The van der Waals surface area contributed by atoms with Gasteiger partial charge in [0.1, 0.15) is 5.75 Å². The zero-order valence-corrected chi connectivity index (χ0v) is 13.5. The van der Waals surface area contributed by atoms with Crippen LogP contribution >= 0.6 is 27.5 Å². The van der Waals surface area contributed by atoms with E-state index in [1.54, 1.807) is 31.4 Å². The minimum absolute atomic E-state index is 0.229. The third-order valence-electron chi connectivity index (χ3n) is 2.80. The molecule has 0 bridgehead atoms. The molecule has 0 saturated heterocycles. The molecule has 0 unspecified atom stereocenters. The molecule has 21 heavy (non-hydrogen) atoms. The Hall–Kier alpha value is -1.92. The third kappa shape index (κ3) is 3.40. The molecule has 7 heteroatoms. The van der Waals surface area contributed by atoms with E-state index in [-0.39, 0.29) is 5.56 Å². The number of carbonyl (C=O) groups is 1. The van der Waals surface area contributed by atoms with Crippen molar-refractivity contribution in [1.82, 2.24) is 0 Å². The lowest BCUT2D eigenvalue weighted by Gasteiger charge is -2.14. The SMILES string of the molecule is COc1ccc(Nc2c(Cl)cc(N)cc2C(N)=O)cc1Br. The Bertz CT molecular complexity index is 707. The summed E-state index contributed by atoms with van der Waals surface area (Å²) in [6, 6.07) is 8.41. The number of halogens is 2. The van der Waals surface area contributed by atoms with Gasteiger partial charge in [0.15, 0.2) is 0 Å². The van der Waals surface area contributed by atoms with E-state index in [1.807, 2.05) is 0 Å². The van der Waals surface area contributed by atoms with E-state index >= 15 is 0 Å². The minimum Gasteiger partial charge on any atom is -0.496 e. The van der Waals surface area contributed by atoms with E-state index in [0.717, 1.165) is 10.2 Å². The van der Waals surface area contributed by atoms with Crippen molar-refractivity contribution in [1.29, 1.82) is 0 Å². The number of benzene rings is 2. The van der Waals surface area contributed by atoms with E-state index in [2.05, 4.69) is 21.2 Å². The average molecular weight is 371 g/mol. The zero-order valence-electron chi connectivity index (χ0n) is 11.1. The molecule has 0 atom stereocenters. The number of primary amides is 1. The molecular formula is C14H13BrClN3O2. The number of anilines is 3. The van der Waals surface area contributed by atoms with Gasteiger partial charge >= 0.3 is 0 Å². The molecular weight excluding hydrogens is 358 g/mol. The second-order valence-electron chi connectivity index (χ2n) is 4.26. The molecule has 0 aliphatic rings. The Morgan fingerprint density at radius 1 is 1.33 bits per heavy atom. The number of amides is 1. The Kier molecular flexibility index (Phi) is 4.59. The van der Waals surface area contributed by atoms with Crippen molar-refractivity contribution >= 4 is 50.5 Å². The molecule has 0 aromatic heterocycles. The highest BCUT2D eigenvalue weighted by Gasteiger charge is 2.14. The van der Waals surface area contributed by atoms with Crippen molar-refractivity contribution in [2.45, 2.75) is 0 Å². The predicted octanol–water partition coefficient (Wildman–Crippen LogP) is 3.54. The Balaban J connectivity index is 2.44. The van der Waals surface area contributed by atoms with Gasteiger partial charge < -0.3 is 21.5 Å². The van der Waals surface area contributed by atoms with Crippen LogP contribution in [0.15, 0.2) is 34.8 Å². The minimum atomic E-state index is -0.612. The van der Waals surface area contributed by atoms with Crippen molar-refractivity contribution in [3.8, 4) is 5.75 Å². The summed E-state index contributed by atoms with van der Waals surface area (Å²) in [7, 11) is 1.58. The van der Waals surface area contributed by atoms with Crippen molar-refractivity contribution in [3.05, 3.63) is 45.4 Å². The first-order chi connectivity index (χ1) is 9.92. The maximum atomic E-state index is 11.5. The van der Waals surface area contributed by atoms with Gasteiger partial charge in [-0.2, -0.15) is 0 Å². The van der Waals surface area contributed by atoms with Crippen LogP contribution < -0.4 is 21.5 Å². The van der Waals surface area contributed by atoms with E-state index in [4.69, 9.17) is 27.8 Å². The molecule has 2 aromatic carbocycles. The number of nitrogen functional groups attached to an aromatic ring is 1. The fraction of sp³-hybridized carbons (Fsp3) is 0.0714. The van der Waals surface area contributed by atoms with Gasteiger partial charge in [0.2, 0.25) is 0 Å². The molecule has 0 fully saturated rings. The maximum absolute atomic E-state index is 11.5. The highest BCUT2D eigenvalue weighted by atomic mass is 79.9. The van der Waals surface area contributed by atoms with Crippen molar-refractivity contribution in [3.63, 3.8) is 0 Å². The van der Waals surface area contributed by atoms with Gasteiger partial charge in [-0.15, -0.1) is 0 Å². The quantitative estimate of drug-likeness (QED) is 0.718. The van der Waals surface area contributed by atoms with Gasteiger partial charge in [-0.25, -0.2) is 0 Å². The summed E-state index contributed by atoms with van der Waals surface area (Å²) in [5, 5.41) is 3.38. The molecule has 1 amide bonds. The van der Waals surface area contributed by atoms with E-state index in [0.29, 0.717) is 22.1 Å². The number of methoxy groups -OCH3 is 1. The topological polar surface area (TPSA) is 90.4 Å². The van der Waals surface area contributed by atoms with Gasteiger partial charge in [0.05, 0.1) is 27.9 Å². The molecule has 0 heterocycles. The van der Waals surface area contributed by atoms with Crippen molar-refractivity contribution in [2.24, 2.45) is 5.73 Å². The van der Waals surface area contributed by atoms with E-state index in [1.165, 1.54) is 6.07 Å². The fourth-order valence-corrected chi connectivity index (χ4v) is 2.65. The molecule has 0 aliphatic heterocycles. The number of carbonyl (C=O) groups excluding carboxylic acids is 1. The van der Waals surface area contributed by atoms with Crippen LogP contribution in [0.5, 0.6) is 5.75 Å². The largest absolute Gasteiger partial charge is 0.496 e. The molecule has 0 spiro atoms. The van der Waals surface area contributed by atoms with Crippen LogP contribution in [-0.4, -0.2) is 13.0 Å². The number of hydrogen-bond acceptors (Lipinski definition) is 4. The van der Waals surface area contributed by atoms with Crippen LogP contribution in [-0.2, 0) is 0 Å². The fourth-order valence-electron chi connectivity index (χ4n) is 1.84. The lowest BCUT2D eigenvalue weighted by Crippen LogP contribution is -2.14. The van der Waals surface area contributed by atoms with Crippen LogP contribution in [0.25, 0.3) is 0 Å². The molecule has 2 rings (SSSR count). The van der Waals surface area contributed by atoms with E-state index < -0.39 is 5.91 Å². The van der Waals surface area contributed by atoms with Crippen LogP contribution in [0, 0.1) is 0 Å². The van der Waals surface area contributed by atoms with Crippen molar-refractivity contribution in [2.75, 3.05) is 18.2 Å². The Morgan fingerprint density at radius 3 is 2.62 bits per heavy atom. The summed E-state index contributed by atoms with van der Waals surface area (Å²) in [5.74, 6) is 0.0818.